The number of halogens is 3. The Morgan fingerprint density at radius 2 is 0.872 bits per heavy atom. The van der Waals surface area contributed by atoms with E-state index in [1.807, 2.05) is 35.2 Å². The van der Waals surface area contributed by atoms with Gasteiger partial charge in [0.1, 0.15) is 9.98 Å². The zero-order chi connectivity index (χ0) is 54.2. The van der Waals surface area contributed by atoms with Crippen LogP contribution in [0.2, 0.25) is 15.1 Å². The number of nitrogens with one attached hydrogen (secondary N) is 3. The van der Waals surface area contributed by atoms with E-state index in [1.54, 1.807) is 0 Å². The highest BCUT2D eigenvalue weighted by molar-refractivity contribution is 7.81. The molecule has 3 saturated heterocycles. The number of carbonyl (C=O) groups excluding carboxylic acids is 2. The first kappa shape index (κ1) is 54.0. The summed E-state index contributed by atoms with van der Waals surface area (Å²) in [6.45, 7) is 9.72. The lowest BCUT2D eigenvalue weighted by Gasteiger charge is -2.54. The van der Waals surface area contributed by atoms with Gasteiger partial charge in [0.05, 0.1) is 16.6 Å². The second-order valence-corrected chi connectivity index (χ2v) is 29.0. The number of carbonyl (C=O) groups is 2. The van der Waals surface area contributed by atoms with E-state index in [2.05, 4.69) is 94.8 Å². The van der Waals surface area contributed by atoms with Crippen molar-refractivity contribution in [2.45, 2.75) is 151 Å². The van der Waals surface area contributed by atoms with Gasteiger partial charge in [-0.1, -0.05) is 95.6 Å². The molecule has 3 N–H and O–H groups in total. The van der Waals surface area contributed by atoms with Crippen LogP contribution in [0, 0.1) is 47.3 Å². The van der Waals surface area contributed by atoms with Gasteiger partial charge in [0.2, 0.25) is 0 Å². The molecule has 0 atom stereocenters. The van der Waals surface area contributed by atoms with Gasteiger partial charge in [-0.25, -0.2) is 9.59 Å². The maximum Gasteiger partial charge on any atom is 0.317 e. The number of amides is 4. The molecule has 17 rings (SSSR count). The van der Waals surface area contributed by atoms with Gasteiger partial charge in [-0.15, -0.1) is 0 Å². The number of hydrogen-bond acceptors (Lipinski definition) is 6. The molecule has 14 aliphatic rings. The zero-order valence-electron chi connectivity index (χ0n) is 46.5. The molecule has 15 heteroatoms. The molecule has 3 aromatic rings. The molecular weight excluding hydrogens is 1070 g/mol. The Balaban J connectivity index is 0.000000116. The lowest BCUT2D eigenvalue weighted by molar-refractivity contribution is -0.0157. The van der Waals surface area contributed by atoms with E-state index >= 15 is 0 Å². The average Bonchev–Trinajstić information content (AvgIpc) is 3.95. The number of rotatable bonds is 2. The van der Waals surface area contributed by atoms with Crippen LogP contribution in [0.15, 0.2) is 54.6 Å². The highest BCUT2D eigenvalue weighted by Crippen LogP contribution is 2.58. The van der Waals surface area contributed by atoms with Crippen LogP contribution in [0.25, 0.3) is 0 Å². The molecule has 11 fully saturated rings. The smallest absolute Gasteiger partial charge is 0.317 e. The third-order valence-corrected chi connectivity index (χ3v) is 25.1. The van der Waals surface area contributed by atoms with Crippen molar-refractivity contribution >= 4 is 81.3 Å². The van der Waals surface area contributed by atoms with Crippen LogP contribution in [-0.4, -0.2) is 119 Å². The molecule has 4 amide bonds. The van der Waals surface area contributed by atoms with Crippen LogP contribution >= 0.6 is 59.2 Å². The molecule has 6 aliphatic heterocycles. The highest BCUT2D eigenvalue weighted by Gasteiger charge is 2.56. The normalized spacial score (nSPS) is 33.4. The van der Waals surface area contributed by atoms with Crippen molar-refractivity contribution in [1.29, 1.82) is 0 Å². The van der Waals surface area contributed by atoms with Gasteiger partial charge < -0.3 is 35.6 Å². The quantitative estimate of drug-likeness (QED) is 0.219. The first-order chi connectivity index (χ1) is 37.4. The van der Waals surface area contributed by atoms with Gasteiger partial charge in [-0.05, 0) is 213 Å². The monoisotopic (exact) mass is 1150 g/mol. The lowest BCUT2D eigenvalue weighted by atomic mass is 9.54. The molecule has 418 valence electrons. The molecule has 10 nitrogen and oxygen atoms in total. The summed E-state index contributed by atoms with van der Waals surface area (Å²) in [5.74, 6) is 6.63. The summed E-state index contributed by atoms with van der Waals surface area (Å²) < 4.78 is 0. The number of piperidine rings is 3. The Morgan fingerprint density at radius 1 is 0.513 bits per heavy atom. The highest BCUT2D eigenvalue weighted by atomic mass is 35.5. The minimum absolute atomic E-state index is 0.0238. The fourth-order valence-electron chi connectivity index (χ4n) is 19.4. The van der Waals surface area contributed by atoms with Crippen molar-refractivity contribution in [3.8, 4) is 0 Å². The fourth-order valence-corrected chi connectivity index (χ4v) is 21.1. The fraction of sp³-hybridized carbons (Fsp3) is 0.651. The van der Waals surface area contributed by atoms with Crippen molar-refractivity contribution in [1.82, 2.24) is 40.4 Å². The van der Waals surface area contributed by atoms with Gasteiger partial charge in [0.15, 0.2) is 0 Å². The topological polar surface area (TPSA) is 86.4 Å². The maximum absolute atomic E-state index is 13.3. The van der Waals surface area contributed by atoms with Gasteiger partial charge in [-0.2, -0.15) is 0 Å². The predicted molar refractivity (Wildman–Crippen MR) is 322 cm³/mol. The molecule has 6 heterocycles. The van der Waals surface area contributed by atoms with Crippen molar-refractivity contribution in [2.24, 2.45) is 47.3 Å². The predicted octanol–water partition coefficient (Wildman–Crippen LogP) is 12.7. The molecule has 8 aliphatic carbocycles. The molecule has 0 radical (unpaired) electrons. The number of urea groups is 2. The Hall–Kier alpha value is -3.23. The number of thiocarbonyl (C=S) groups is 2. The Kier molecular flexibility index (Phi) is 14.1. The van der Waals surface area contributed by atoms with Gasteiger partial charge in [-0.3, -0.25) is 4.90 Å². The number of nitrogens with zero attached hydrogens (tertiary/aromatic N) is 5. The number of likely N-dealkylation sites (tertiary alicyclic amines) is 2. The standard InChI is InChI=1S/C26H36ClN3O.C24H30ClN3OS.C13H15ClN2S/c1-25(2)20-5-4-6-21(27)22(20)26(29(25)3)7-9-30(10-8-26)24(31)28-23-18-12-16-11-17(14-18)15-19(23)13-16;1-27-22(30)18-3-2-4-19(25)20(18)24(27)5-7-28(8-6-24)23(29)26-21-16-10-14-9-15(12-16)13-17(21)11-14;1-16-12(17)9-3-2-4-10(14)11(9)13(16)5-7-15-8-6-13/h4-6,16-19,23H,7-15H2,1-3H3,(H,28,31);2-4,14-17,21H,5-13H2,1H3,(H,26,29);2-4,15H,5-8H2,1H3. The number of fused-ring (bicyclic) bond motifs is 6. The molecule has 8 saturated carbocycles. The van der Waals surface area contributed by atoms with Crippen LogP contribution in [0.5, 0.6) is 0 Å². The summed E-state index contributed by atoms with van der Waals surface area (Å²) in [5, 5.41) is 12.9. The Morgan fingerprint density at radius 3 is 1.28 bits per heavy atom. The second kappa shape index (κ2) is 20.3. The van der Waals surface area contributed by atoms with E-state index in [0.717, 1.165) is 149 Å². The van der Waals surface area contributed by atoms with Gasteiger partial charge in [0, 0.05) is 95.2 Å². The summed E-state index contributed by atoms with van der Waals surface area (Å²) in [5.41, 5.74) is 7.01. The van der Waals surface area contributed by atoms with Crippen LogP contribution in [0.3, 0.4) is 0 Å². The summed E-state index contributed by atoms with van der Waals surface area (Å²) in [6, 6.07) is 19.6. The second-order valence-electron chi connectivity index (χ2n) is 27.0. The third kappa shape index (κ3) is 8.60. The van der Waals surface area contributed by atoms with Crippen molar-refractivity contribution in [2.75, 3.05) is 60.4 Å². The van der Waals surface area contributed by atoms with E-state index in [-0.39, 0.29) is 34.2 Å². The Labute approximate surface area is 489 Å². The molecule has 3 aromatic carbocycles. The minimum Gasteiger partial charge on any atom is -0.355 e. The summed E-state index contributed by atoms with van der Waals surface area (Å²) in [6.07, 6.45) is 19.4. The molecule has 78 heavy (non-hydrogen) atoms. The van der Waals surface area contributed by atoms with E-state index in [4.69, 9.17) is 59.2 Å². The SMILES string of the molecule is CN1C(=S)c2cccc(Cl)c2C12CCN(C(=O)NC1C3CC4CC(C3)CC1C4)CC2.CN1C(=S)c2cccc(Cl)c2C12CCNCC2.CN1C(C)(C)c2cccc(Cl)c2C12CCN(C(=O)NC1C3CC4CC(C3)CC1C4)CC2. The van der Waals surface area contributed by atoms with Crippen molar-refractivity contribution in [3.05, 3.63) is 103 Å². The van der Waals surface area contributed by atoms with Gasteiger partial charge >= 0.3 is 12.1 Å². The van der Waals surface area contributed by atoms with E-state index < -0.39 is 0 Å². The largest absolute Gasteiger partial charge is 0.355 e. The van der Waals surface area contributed by atoms with Crippen LogP contribution < -0.4 is 16.0 Å². The number of benzene rings is 3. The van der Waals surface area contributed by atoms with Crippen LogP contribution in [-0.2, 0) is 22.2 Å². The maximum atomic E-state index is 13.3. The molecule has 3 spiro atoms. The third-order valence-electron chi connectivity index (χ3n) is 23.2. The van der Waals surface area contributed by atoms with Crippen molar-refractivity contribution < 1.29 is 9.59 Å². The first-order valence-electron chi connectivity index (χ1n) is 29.9. The first-order valence-corrected chi connectivity index (χ1v) is 31.9. The average molecular weight is 1150 g/mol. The minimum atomic E-state index is -0.176. The zero-order valence-corrected chi connectivity index (χ0v) is 50.4. The summed E-state index contributed by atoms with van der Waals surface area (Å²) in [4.78, 5) is 39.4. The molecule has 8 bridgehead atoms. The summed E-state index contributed by atoms with van der Waals surface area (Å²) in [7, 11) is 6.42. The molecule has 0 aromatic heterocycles. The lowest BCUT2D eigenvalue weighted by Crippen LogP contribution is -2.60. The van der Waals surface area contributed by atoms with E-state index in [0.29, 0.717) is 23.9 Å². The van der Waals surface area contributed by atoms with E-state index in [9.17, 15) is 9.59 Å². The van der Waals surface area contributed by atoms with Crippen LogP contribution in [0.1, 0.15) is 150 Å². The van der Waals surface area contributed by atoms with Crippen LogP contribution in [0.4, 0.5) is 9.59 Å². The molecule has 0 unspecified atom stereocenters. The van der Waals surface area contributed by atoms with Crippen molar-refractivity contribution in [3.63, 3.8) is 0 Å². The molecular formula is C63H81Cl3N8O2S2. The summed E-state index contributed by atoms with van der Waals surface area (Å²) >= 11 is 31.1. The van der Waals surface area contributed by atoms with Gasteiger partial charge in [0.25, 0.3) is 0 Å². The number of hydrogen-bond donors (Lipinski definition) is 3. The van der Waals surface area contributed by atoms with E-state index in [1.165, 1.54) is 86.5 Å². The Bertz CT molecular complexity index is 2840.